The van der Waals surface area contributed by atoms with Gasteiger partial charge >= 0.3 is 0 Å². The molecule has 0 bridgehead atoms. The molecule has 6 heteroatoms. The SMILES string of the molecule is Cc1cc2c(c(C)c1Cl)C(=O)CC1(CCN(C(=O)Cc3ccc(Br)cc3)CC1)O2. The second kappa shape index (κ2) is 7.77. The lowest BCUT2D eigenvalue weighted by Crippen LogP contribution is -2.52. The maximum atomic E-state index is 12.9. The molecule has 1 fully saturated rings. The Morgan fingerprint density at radius 1 is 1.21 bits per heavy atom. The fraction of sp³-hybridized carbons (Fsp3) is 0.391. The Bertz CT molecular complexity index is 979. The molecule has 0 unspecified atom stereocenters. The van der Waals surface area contributed by atoms with Crippen molar-refractivity contribution in [2.24, 2.45) is 0 Å². The highest BCUT2D eigenvalue weighted by Crippen LogP contribution is 2.43. The molecule has 0 aliphatic carbocycles. The van der Waals surface area contributed by atoms with Crippen molar-refractivity contribution in [3.8, 4) is 5.75 Å². The number of carbonyl (C=O) groups is 2. The van der Waals surface area contributed by atoms with E-state index in [1.165, 1.54) is 0 Å². The Hall–Kier alpha value is -1.85. The van der Waals surface area contributed by atoms with Crippen LogP contribution in [0.15, 0.2) is 34.8 Å². The highest BCUT2D eigenvalue weighted by molar-refractivity contribution is 9.10. The predicted octanol–water partition coefficient (Wildman–Crippen LogP) is 5.29. The standard InChI is InChI=1S/C23H23BrClNO3/c1-14-11-19-21(15(2)22(14)25)18(27)13-23(29-19)7-9-26(10-8-23)20(28)12-16-3-5-17(24)6-4-16/h3-6,11H,7-10,12-13H2,1-2H3. The van der Waals surface area contributed by atoms with Gasteiger partial charge in [-0.25, -0.2) is 0 Å². The highest BCUT2D eigenvalue weighted by Gasteiger charge is 2.44. The van der Waals surface area contributed by atoms with Crippen molar-refractivity contribution in [1.82, 2.24) is 4.90 Å². The summed E-state index contributed by atoms with van der Waals surface area (Å²) in [6.07, 6.45) is 2.05. The van der Waals surface area contributed by atoms with Gasteiger partial charge in [0.05, 0.1) is 18.4 Å². The van der Waals surface area contributed by atoms with Gasteiger partial charge in [-0.3, -0.25) is 9.59 Å². The summed E-state index contributed by atoms with van der Waals surface area (Å²) in [6.45, 7) is 5.00. The van der Waals surface area contributed by atoms with E-state index in [2.05, 4.69) is 15.9 Å². The zero-order valence-corrected chi connectivity index (χ0v) is 18.9. The number of likely N-dealkylation sites (tertiary alicyclic amines) is 1. The van der Waals surface area contributed by atoms with Crippen molar-refractivity contribution >= 4 is 39.2 Å². The number of ether oxygens (including phenoxy) is 1. The molecule has 4 rings (SSSR count). The van der Waals surface area contributed by atoms with Gasteiger partial charge in [-0.1, -0.05) is 39.7 Å². The van der Waals surface area contributed by atoms with Gasteiger partial charge in [-0.15, -0.1) is 0 Å². The molecule has 0 radical (unpaired) electrons. The molecule has 1 saturated heterocycles. The number of nitrogens with zero attached hydrogens (tertiary/aromatic N) is 1. The lowest BCUT2D eigenvalue weighted by atomic mass is 9.81. The van der Waals surface area contributed by atoms with Crippen LogP contribution in [0.2, 0.25) is 5.02 Å². The van der Waals surface area contributed by atoms with E-state index >= 15 is 0 Å². The third-order valence-electron chi connectivity index (χ3n) is 6.03. The minimum Gasteiger partial charge on any atom is -0.486 e. The molecule has 2 aliphatic heterocycles. The number of rotatable bonds is 2. The number of aryl methyl sites for hydroxylation is 1. The molecule has 0 atom stereocenters. The van der Waals surface area contributed by atoms with Gasteiger partial charge in [-0.05, 0) is 48.7 Å². The summed E-state index contributed by atoms with van der Waals surface area (Å²) in [5.41, 5.74) is 2.79. The van der Waals surface area contributed by atoms with Crippen LogP contribution in [0.1, 0.15) is 46.3 Å². The third-order valence-corrected chi connectivity index (χ3v) is 7.14. The molecule has 29 heavy (non-hydrogen) atoms. The Kier molecular flexibility index (Phi) is 5.47. The maximum absolute atomic E-state index is 12.9. The number of carbonyl (C=O) groups excluding carboxylic acids is 2. The van der Waals surface area contributed by atoms with E-state index in [9.17, 15) is 9.59 Å². The van der Waals surface area contributed by atoms with Crippen molar-refractivity contribution in [1.29, 1.82) is 0 Å². The third kappa shape index (κ3) is 3.95. The topological polar surface area (TPSA) is 46.6 Å². The maximum Gasteiger partial charge on any atom is 0.226 e. The largest absolute Gasteiger partial charge is 0.486 e. The van der Waals surface area contributed by atoms with Gasteiger partial charge < -0.3 is 9.64 Å². The van der Waals surface area contributed by atoms with E-state index in [1.807, 2.05) is 49.1 Å². The first-order valence-electron chi connectivity index (χ1n) is 9.82. The minimum atomic E-state index is -0.523. The number of benzene rings is 2. The molecule has 2 heterocycles. The quantitative estimate of drug-likeness (QED) is 0.592. The first-order chi connectivity index (χ1) is 13.8. The molecule has 2 aliphatic rings. The van der Waals surface area contributed by atoms with Crippen molar-refractivity contribution in [2.75, 3.05) is 13.1 Å². The molecule has 2 aromatic rings. The minimum absolute atomic E-state index is 0.0836. The lowest BCUT2D eigenvalue weighted by Gasteiger charge is -2.44. The van der Waals surface area contributed by atoms with Gasteiger partial charge in [0.2, 0.25) is 5.91 Å². The number of amides is 1. The molecule has 1 amide bonds. The van der Waals surface area contributed by atoms with Gasteiger partial charge in [0, 0.05) is 35.4 Å². The lowest BCUT2D eigenvalue weighted by molar-refractivity contribution is -0.134. The zero-order valence-electron chi connectivity index (χ0n) is 16.6. The molecule has 0 saturated carbocycles. The van der Waals surface area contributed by atoms with Crippen LogP contribution in [0, 0.1) is 13.8 Å². The van der Waals surface area contributed by atoms with Crippen molar-refractivity contribution < 1.29 is 14.3 Å². The normalized spacial score (nSPS) is 17.8. The van der Waals surface area contributed by atoms with Gasteiger partial charge in [-0.2, -0.15) is 0 Å². The van der Waals surface area contributed by atoms with Crippen LogP contribution in [0.3, 0.4) is 0 Å². The second-order valence-corrected chi connectivity index (χ2v) is 9.37. The number of piperidine rings is 1. The molecule has 1 spiro atoms. The fourth-order valence-corrected chi connectivity index (χ4v) is 4.74. The Morgan fingerprint density at radius 3 is 2.52 bits per heavy atom. The number of ketones is 1. The second-order valence-electron chi connectivity index (χ2n) is 8.07. The van der Waals surface area contributed by atoms with Gasteiger partial charge in [0.25, 0.3) is 0 Å². The molecule has 0 N–H and O–H groups in total. The first-order valence-corrected chi connectivity index (χ1v) is 11.0. The number of fused-ring (bicyclic) bond motifs is 1. The van der Waals surface area contributed by atoms with Crippen LogP contribution in [0.25, 0.3) is 0 Å². The summed E-state index contributed by atoms with van der Waals surface area (Å²) in [7, 11) is 0. The Balaban J connectivity index is 1.46. The zero-order chi connectivity index (χ0) is 20.8. The van der Waals surface area contributed by atoms with Crippen LogP contribution in [0.4, 0.5) is 0 Å². The fourth-order valence-electron chi connectivity index (χ4n) is 4.33. The van der Waals surface area contributed by atoms with Crippen LogP contribution in [-0.2, 0) is 11.2 Å². The van der Waals surface area contributed by atoms with Crippen molar-refractivity contribution in [3.05, 3.63) is 62.1 Å². The molecule has 0 aromatic heterocycles. The number of Topliss-reactive ketones (excluding diaryl/α,β-unsaturated/α-hetero) is 1. The predicted molar refractivity (Wildman–Crippen MR) is 117 cm³/mol. The highest BCUT2D eigenvalue weighted by atomic mass is 79.9. The van der Waals surface area contributed by atoms with E-state index in [1.54, 1.807) is 0 Å². The molecule has 2 aromatic carbocycles. The van der Waals surface area contributed by atoms with E-state index in [-0.39, 0.29) is 11.7 Å². The summed E-state index contributed by atoms with van der Waals surface area (Å²) < 4.78 is 7.38. The van der Waals surface area contributed by atoms with Gasteiger partial charge in [0.1, 0.15) is 11.4 Å². The number of halogens is 2. The molecule has 4 nitrogen and oxygen atoms in total. The number of hydrogen-bond acceptors (Lipinski definition) is 3. The van der Waals surface area contributed by atoms with E-state index < -0.39 is 5.60 Å². The first kappa shape index (κ1) is 20.4. The molecular formula is C23H23BrClNO3. The van der Waals surface area contributed by atoms with E-state index in [0.717, 1.165) is 21.2 Å². The van der Waals surface area contributed by atoms with Crippen LogP contribution in [-0.4, -0.2) is 35.3 Å². The van der Waals surface area contributed by atoms with Crippen LogP contribution < -0.4 is 4.74 Å². The summed E-state index contributed by atoms with van der Waals surface area (Å²) in [4.78, 5) is 27.5. The van der Waals surface area contributed by atoms with Crippen LogP contribution >= 0.6 is 27.5 Å². The average molecular weight is 477 g/mol. The van der Waals surface area contributed by atoms with Crippen LogP contribution in [0.5, 0.6) is 5.75 Å². The van der Waals surface area contributed by atoms with E-state index in [4.69, 9.17) is 16.3 Å². The summed E-state index contributed by atoms with van der Waals surface area (Å²) >= 11 is 9.75. The van der Waals surface area contributed by atoms with Gasteiger partial charge in [0.15, 0.2) is 5.78 Å². The summed E-state index contributed by atoms with van der Waals surface area (Å²) in [5, 5.41) is 0.630. The molecule has 152 valence electrons. The number of hydrogen-bond donors (Lipinski definition) is 0. The van der Waals surface area contributed by atoms with E-state index in [0.29, 0.717) is 55.1 Å². The summed E-state index contributed by atoms with van der Waals surface area (Å²) in [5.74, 6) is 0.832. The monoisotopic (exact) mass is 475 g/mol. The molecular weight excluding hydrogens is 454 g/mol. The average Bonchev–Trinajstić information content (AvgIpc) is 2.68. The Labute approximate surface area is 184 Å². The Morgan fingerprint density at radius 2 is 1.86 bits per heavy atom. The summed E-state index contributed by atoms with van der Waals surface area (Å²) in [6, 6.07) is 9.69. The van der Waals surface area contributed by atoms with Crippen molar-refractivity contribution in [2.45, 2.75) is 45.1 Å². The van der Waals surface area contributed by atoms with Crippen molar-refractivity contribution in [3.63, 3.8) is 0 Å². The smallest absolute Gasteiger partial charge is 0.226 e.